The first-order chi connectivity index (χ1) is 19.5. The van der Waals surface area contributed by atoms with Crippen molar-refractivity contribution in [2.24, 2.45) is 0 Å². The Morgan fingerprint density at radius 3 is 2.20 bits per heavy atom. The number of aliphatic hydroxyl groups is 1. The van der Waals surface area contributed by atoms with Crippen molar-refractivity contribution in [1.29, 1.82) is 0 Å². The first kappa shape index (κ1) is 29.9. The van der Waals surface area contributed by atoms with Gasteiger partial charge in [-0.1, -0.05) is 42.5 Å². The zero-order chi connectivity index (χ0) is 29.6. The summed E-state index contributed by atoms with van der Waals surface area (Å²) >= 11 is 0. The van der Waals surface area contributed by atoms with E-state index in [0.29, 0.717) is 36.6 Å². The van der Waals surface area contributed by atoms with E-state index in [9.17, 15) is 27.9 Å². The molecule has 1 fully saturated rings. The molecule has 1 aliphatic rings. The molecule has 1 N–H and O–H groups in total. The molecule has 2 amide bonds. The predicted octanol–water partition coefficient (Wildman–Crippen LogP) is 5.35. The summed E-state index contributed by atoms with van der Waals surface area (Å²) in [5.41, 5.74) is -0.507. The van der Waals surface area contributed by atoms with Gasteiger partial charge in [0, 0.05) is 33.0 Å². The maximum absolute atomic E-state index is 12.8. The third kappa shape index (κ3) is 7.58. The second-order valence-corrected chi connectivity index (χ2v) is 10.3. The van der Waals surface area contributed by atoms with Crippen LogP contribution in [0.2, 0.25) is 0 Å². The summed E-state index contributed by atoms with van der Waals surface area (Å²) in [5.74, 6) is 0.732. The number of alkyl halides is 3. The minimum atomic E-state index is -4.40. The lowest BCUT2D eigenvalue weighted by atomic mass is 9.92. The van der Waals surface area contributed by atoms with E-state index in [0.717, 1.165) is 17.7 Å². The van der Waals surface area contributed by atoms with Gasteiger partial charge in [-0.25, -0.2) is 4.79 Å². The maximum atomic E-state index is 12.8. The van der Waals surface area contributed by atoms with Crippen molar-refractivity contribution in [3.63, 3.8) is 0 Å². The summed E-state index contributed by atoms with van der Waals surface area (Å²) in [7, 11) is 1.71. The molecule has 0 radical (unpaired) electrons. The lowest BCUT2D eigenvalue weighted by Crippen LogP contribution is -2.45. The highest BCUT2D eigenvalue weighted by Gasteiger charge is 2.36. The molecule has 2 atom stereocenters. The number of ether oxygens (including phenoxy) is 2. The van der Waals surface area contributed by atoms with E-state index in [4.69, 9.17) is 9.47 Å². The second-order valence-electron chi connectivity index (χ2n) is 10.3. The number of rotatable bonds is 12. The van der Waals surface area contributed by atoms with Crippen LogP contribution >= 0.6 is 0 Å². The zero-order valence-electron chi connectivity index (χ0n) is 22.9. The van der Waals surface area contributed by atoms with Gasteiger partial charge in [-0.3, -0.25) is 4.79 Å². The fourth-order valence-electron chi connectivity index (χ4n) is 4.78. The fraction of sp³-hybridized carbons (Fsp3) is 0.355. The van der Waals surface area contributed by atoms with Crippen LogP contribution in [0.4, 0.5) is 18.0 Å². The number of carbonyl (C=O) groups excluding carboxylic acids is 2. The molecule has 10 heteroatoms. The maximum Gasteiger partial charge on any atom is 0.416 e. The Labute approximate surface area is 237 Å². The number of benzene rings is 3. The van der Waals surface area contributed by atoms with Crippen molar-refractivity contribution in [3.8, 4) is 11.5 Å². The number of urea groups is 1. The molecular weight excluding hydrogens is 537 g/mol. The van der Waals surface area contributed by atoms with Crippen LogP contribution in [0.25, 0.3) is 0 Å². The van der Waals surface area contributed by atoms with E-state index in [1.165, 1.54) is 12.1 Å². The predicted molar refractivity (Wildman–Crippen MR) is 147 cm³/mol. The topological polar surface area (TPSA) is 79.3 Å². The van der Waals surface area contributed by atoms with E-state index >= 15 is 0 Å². The Hall–Kier alpha value is -4.05. The van der Waals surface area contributed by atoms with Crippen molar-refractivity contribution in [2.75, 3.05) is 26.8 Å². The molecule has 4 rings (SSSR count). The number of carbonyl (C=O) groups is 2. The summed E-state index contributed by atoms with van der Waals surface area (Å²) in [5, 5.41) is 9.50. The first-order valence-electron chi connectivity index (χ1n) is 13.3. The number of nitrogens with zero attached hydrogens (tertiary/aromatic N) is 2. The molecule has 0 saturated carbocycles. The Bertz CT molecular complexity index is 1320. The molecule has 0 aliphatic carbocycles. The summed E-state index contributed by atoms with van der Waals surface area (Å²) in [6, 6.07) is 20.8. The normalized spacial score (nSPS) is 16.9. The van der Waals surface area contributed by atoms with E-state index in [-0.39, 0.29) is 25.0 Å². The van der Waals surface area contributed by atoms with Gasteiger partial charge in [0.25, 0.3) is 0 Å². The second kappa shape index (κ2) is 12.6. The van der Waals surface area contributed by atoms with E-state index in [1.54, 1.807) is 60.2 Å². The molecule has 218 valence electrons. The molecule has 41 heavy (non-hydrogen) atoms. The smallest absolute Gasteiger partial charge is 0.416 e. The molecule has 3 aromatic rings. The molecule has 1 aliphatic heterocycles. The van der Waals surface area contributed by atoms with Crippen LogP contribution in [0.1, 0.15) is 30.0 Å². The van der Waals surface area contributed by atoms with Crippen LogP contribution in [0, 0.1) is 0 Å². The Morgan fingerprint density at radius 2 is 1.59 bits per heavy atom. The highest BCUT2D eigenvalue weighted by molar-refractivity contribution is 5.88. The van der Waals surface area contributed by atoms with Crippen LogP contribution in [0.3, 0.4) is 0 Å². The quantitative estimate of drug-likeness (QED) is 0.318. The van der Waals surface area contributed by atoms with Gasteiger partial charge >= 0.3 is 12.2 Å². The number of hydrogen-bond donors (Lipinski definition) is 1. The van der Waals surface area contributed by atoms with E-state index in [1.807, 2.05) is 18.2 Å². The van der Waals surface area contributed by atoms with Crippen molar-refractivity contribution < 1.29 is 37.3 Å². The minimum absolute atomic E-state index is 0.100. The van der Waals surface area contributed by atoms with Gasteiger partial charge in [0.15, 0.2) is 5.60 Å². The van der Waals surface area contributed by atoms with Gasteiger partial charge in [-0.2, -0.15) is 13.2 Å². The van der Waals surface area contributed by atoms with Crippen molar-refractivity contribution in [1.82, 2.24) is 9.80 Å². The van der Waals surface area contributed by atoms with Gasteiger partial charge in [0.05, 0.1) is 18.2 Å². The van der Waals surface area contributed by atoms with Gasteiger partial charge in [0.1, 0.15) is 18.1 Å². The largest absolute Gasteiger partial charge is 0.494 e. The van der Waals surface area contributed by atoms with Gasteiger partial charge < -0.3 is 24.4 Å². The van der Waals surface area contributed by atoms with E-state index in [2.05, 4.69) is 0 Å². The van der Waals surface area contributed by atoms with Crippen LogP contribution in [-0.2, 0) is 23.9 Å². The third-order valence-electron chi connectivity index (χ3n) is 7.21. The van der Waals surface area contributed by atoms with Crippen LogP contribution in [0.15, 0.2) is 78.9 Å². The molecule has 0 aromatic heterocycles. The van der Waals surface area contributed by atoms with Gasteiger partial charge in [-0.15, -0.1) is 0 Å². The van der Waals surface area contributed by atoms with Crippen LogP contribution in [-0.4, -0.2) is 65.2 Å². The highest BCUT2D eigenvalue weighted by Crippen LogP contribution is 2.30. The lowest BCUT2D eigenvalue weighted by Gasteiger charge is -2.29. The summed E-state index contributed by atoms with van der Waals surface area (Å²) in [6.45, 7) is 2.05. The highest BCUT2D eigenvalue weighted by atomic mass is 19.4. The Balaban J connectivity index is 1.29. The monoisotopic (exact) mass is 570 g/mol. The first-order valence-corrected chi connectivity index (χ1v) is 13.3. The van der Waals surface area contributed by atoms with Crippen molar-refractivity contribution in [2.45, 2.75) is 44.1 Å². The van der Waals surface area contributed by atoms with Crippen LogP contribution < -0.4 is 9.47 Å². The zero-order valence-corrected chi connectivity index (χ0v) is 22.9. The number of ketones is 1. The van der Waals surface area contributed by atoms with Gasteiger partial charge in [-0.05, 0) is 54.4 Å². The van der Waals surface area contributed by atoms with Gasteiger partial charge in [0.2, 0.25) is 5.78 Å². The summed E-state index contributed by atoms with van der Waals surface area (Å²) < 4.78 is 50.3. The molecule has 0 unspecified atom stereocenters. The number of para-hydroxylation sites is 1. The molecule has 1 saturated heterocycles. The lowest BCUT2D eigenvalue weighted by molar-refractivity contribution is -0.137. The number of halogens is 3. The third-order valence-corrected chi connectivity index (χ3v) is 7.21. The average molecular weight is 571 g/mol. The average Bonchev–Trinajstić information content (AvgIpc) is 3.21. The van der Waals surface area contributed by atoms with Crippen LogP contribution in [0.5, 0.6) is 11.5 Å². The summed E-state index contributed by atoms with van der Waals surface area (Å²) in [4.78, 5) is 28.5. The molecule has 0 spiro atoms. The Morgan fingerprint density at radius 1 is 0.951 bits per heavy atom. The SMILES string of the molecule is CN1C(=O)N(Cc2ccc(C(F)(F)F)cc2)C[C@H]1CCOc1ccc(C[C@](C)(Oc2ccccc2)C(=O)CO)cc1. The molecule has 7 nitrogen and oxygen atoms in total. The molecule has 1 heterocycles. The van der Waals surface area contributed by atoms with E-state index < -0.39 is 29.7 Å². The number of amides is 2. The molecular formula is C31H33F3N2O5. The number of Topliss-reactive ketones (excluding diaryl/α,β-unsaturated/α-hetero) is 1. The summed E-state index contributed by atoms with van der Waals surface area (Å²) in [6.07, 6.45) is -3.57. The fourth-order valence-corrected chi connectivity index (χ4v) is 4.78. The van der Waals surface area contributed by atoms with Crippen molar-refractivity contribution >= 4 is 11.8 Å². The molecule has 3 aromatic carbocycles. The standard InChI is InChI=1S/C31H33F3N2O5/c1-30(28(38)21-37,41-27-6-4-3-5-7-27)18-22-10-14-26(15-11-22)40-17-16-25-20-36(29(39)35(25)2)19-23-8-12-24(13-9-23)31(32,33)34/h3-15,25,37H,16-21H2,1-2H3/t25-,30+/m1/s1. The minimum Gasteiger partial charge on any atom is -0.494 e. The number of aliphatic hydroxyl groups excluding tert-OH is 1. The Kier molecular flexibility index (Phi) is 9.22. The molecule has 0 bridgehead atoms. The van der Waals surface area contributed by atoms with Crippen molar-refractivity contribution in [3.05, 3.63) is 95.6 Å². The number of hydrogen-bond acceptors (Lipinski definition) is 5. The number of likely N-dealkylation sites (N-methyl/N-ethyl adjacent to an activating group) is 1.